The van der Waals surface area contributed by atoms with Gasteiger partial charge in [-0.2, -0.15) is 0 Å². The SMILES string of the molecule is C=CCn1c(SCc2cc(C)on2)nc2scc(-c3cccs3)c2c1=O. The first-order valence-corrected chi connectivity index (χ1v) is 10.6. The number of thioether (sulfide) groups is 1. The normalized spacial score (nSPS) is 11.3. The van der Waals surface area contributed by atoms with E-state index in [1.54, 1.807) is 22.0 Å². The van der Waals surface area contributed by atoms with Crippen LogP contribution in [0.1, 0.15) is 11.5 Å². The molecule has 0 saturated carbocycles. The summed E-state index contributed by atoms with van der Waals surface area (Å²) >= 11 is 4.61. The number of aromatic nitrogens is 3. The quantitative estimate of drug-likeness (QED) is 0.260. The van der Waals surface area contributed by atoms with Crippen LogP contribution < -0.4 is 5.56 Å². The third-order valence-corrected chi connectivity index (χ3v) is 6.57. The molecular weight excluding hydrogens is 386 g/mol. The third-order valence-electron chi connectivity index (χ3n) is 3.78. The Labute approximate surface area is 162 Å². The first-order valence-electron chi connectivity index (χ1n) is 7.89. The zero-order valence-electron chi connectivity index (χ0n) is 14.0. The van der Waals surface area contributed by atoms with Crippen LogP contribution >= 0.6 is 34.4 Å². The van der Waals surface area contributed by atoms with Gasteiger partial charge in [-0.15, -0.1) is 29.3 Å². The number of hydrogen-bond acceptors (Lipinski definition) is 7. The Morgan fingerprint density at radius 1 is 1.42 bits per heavy atom. The fourth-order valence-electron chi connectivity index (χ4n) is 2.64. The molecule has 0 bridgehead atoms. The van der Waals surface area contributed by atoms with E-state index in [1.165, 1.54) is 23.1 Å². The molecule has 26 heavy (non-hydrogen) atoms. The minimum Gasteiger partial charge on any atom is -0.361 e. The Bertz CT molecular complexity index is 1120. The van der Waals surface area contributed by atoms with Crippen LogP contribution in [0, 0.1) is 6.92 Å². The molecule has 4 heterocycles. The minimum atomic E-state index is -0.0293. The lowest BCUT2D eigenvalue weighted by Crippen LogP contribution is -2.22. The monoisotopic (exact) mass is 401 g/mol. The topological polar surface area (TPSA) is 60.9 Å². The van der Waals surface area contributed by atoms with Gasteiger partial charge in [0.15, 0.2) is 5.16 Å². The van der Waals surface area contributed by atoms with Crippen molar-refractivity contribution >= 4 is 44.7 Å². The van der Waals surface area contributed by atoms with E-state index in [4.69, 9.17) is 9.51 Å². The van der Waals surface area contributed by atoms with Gasteiger partial charge in [-0.1, -0.05) is 29.1 Å². The van der Waals surface area contributed by atoms with Crippen molar-refractivity contribution in [2.45, 2.75) is 24.4 Å². The highest BCUT2D eigenvalue weighted by Gasteiger charge is 2.17. The van der Waals surface area contributed by atoms with Gasteiger partial charge in [0.1, 0.15) is 10.6 Å². The molecule has 4 rings (SSSR count). The standard InChI is InChI=1S/C18H15N3O2S3/c1-3-6-21-17(22)15-13(14-5-4-7-24-14)10-25-16(15)19-18(21)26-9-12-8-11(2)23-20-12/h3-5,7-8,10H,1,6,9H2,2H3. The lowest BCUT2D eigenvalue weighted by Gasteiger charge is -2.09. The summed E-state index contributed by atoms with van der Waals surface area (Å²) in [7, 11) is 0. The van der Waals surface area contributed by atoms with Gasteiger partial charge in [-0.05, 0) is 18.4 Å². The molecule has 0 saturated heterocycles. The van der Waals surface area contributed by atoms with E-state index in [9.17, 15) is 4.79 Å². The summed E-state index contributed by atoms with van der Waals surface area (Å²) in [5, 5.41) is 9.38. The fraction of sp³-hybridized carbons (Fsp3) is 0.167. The predicted molar refractivity (Wildman–Crippen MR) is 108 cm³/mol. The molecule has 0 fully saturated rings. The van der Waals surface area contributed by atoms with Gasteiger partial charge in [0.05, 0.1) is 11.1 Å². The summed E-state index contributed by atoms with van der Waals surface area (Å²) < 4.78 is 6.78. The molecule has 8 heteroatoms. The van der Waals surface area contributed by atoms with Gasteiger partial charge in [0.25, 0.3) is 5.56 Å². The molecule has 0 aliphatic heterocycles. The third kappa shape index (κ3) is 3.15. The van der Waals surface area contributed by atoms with Crippen LogP contribution in [0.2, 0.25) is 0 Å². The van der Waals surface area contributed by atoms with Gasteiger partial charge >= 0.3 is 0 Å². The van der Waals surface area contributed by atoms with E-state index < -0.39 is 0 Å². The summed E-state index contributed by atoms with van der Waals surface area (Å²) in [6.45, 7) is 6.06. The van der Waals surface area contributed by atoms with Crippen LogP contribution in [0.25, 0.3) is 20.7 Å². The van der Waals surface area contributed by atoms with Crippen LogP contribution in [0.5, 0.6) is 0 Å². The molecule has 0 aromatic carbocycles. The Hall–Kier alpha value is -2.16. The molecular formula is C18H15N3O2S3. The second kappa shape index (κ2) is 7.22. The van der Waals surface area contributed by atoms with Crippen molar-refractivity contribution < 1.29 is 4.52 Å². The first-order chi connectivity index (χ1) is 12.7. The van der Waals surface area contributed by atoms with Gasteiger partial charge in [-0.3, -0.25) is 9.36 Å². The molecule has 0 unspecified atom stereocenters. The van der Waals surface area contributed by atoms with Gasteiger partial charge in [-0.25, -0.2) is 4.98 Å². The number of hydrogen-bond donors (Lipinski definition) is 0. The van der Waals surface area contributed by atoms with E-state index in [-0.39, 0.29) is 5.56 Å². The maximum atomic E-state index is 13.2. The van der Waals surface area contributed by atoms with Crippen molar-refractivity contribution in [3.8, 4) is 10.4 Å². The van der Waals surface area contributed by atoms with E-state index in [2.05, 4.69) is 11.7 Å². The Morgan fingerprint density at radius 2 is 2.31 bits per heavy atom. The number of aryl methyl sites for hydroxylation is 1. The van der Waals surface area contributed by atoms with Crippen LogP contribution in [-0.2, 0) is 12.3 Å². The smallest absolute Gasteiger partial charge is 0.263 e. The molecule has 4 aromatic rings. The van der Waals surface area contributed by atoms with Crippen LogP contribution in [-0.4, -0.2) is 14.7 Å². The molecule has 5 nitrogen and oxygen atoms in total. The number of nitrogens with zero attached hydrogens (tertiary/aromatic N) is 3. The average Bonchev–Trinajstić information content (AvgIpc) is 3.36. The van der Waals surface area contributed by atoms with Gasteiger partial charge < -0.3 is 4.52 Å². The lowest BCUT2D eigenvalue weighted by atomic mass is 10.2. The summed E-state index contributed by atoms with van der Waals surface area (Å²) in [4.78, 5) is 19.8. The molecule has 0 aliphatic rings. The van der Waals surface area contributed by atoms with E-state index in [1.807, 2.05) is 35.9 Å². The van der Waals surface area contributed by atoms with Crippen LogP contribution in [0.4, 0.5) is 0 Å². The molecule has 0 aliphatic carbocycles. The summed E-state index contributed by atoms with van der Waals surface area (Å²) in [6.07, 6.45) is 1.72. The van der Waals surface area contributed by atoms with Crippen molar-refractivity contribution in [2.24, 2.45) is 0 Å². The van der Waals surface area contributed by atoms with E-state index in [0.717, 1.165) is 26.7 Å². The highest BCUT2D eigenvalue weighted by molar-refractivity contribution is 7.98. The van der Waals surface area contributed by atoms with E-state index in [0.29, 0.717) is 22.8 Å². The Morgan fingerprint density at radius 3 is 3.00 bits per heavy atom. The molecule has 0 amide bonds. The van der Waals surface area contributed by atoms with Crippen molar-refractivity contribution in [2.75, 3.05) is 0 Å². The summed E-state index contributed by atoms with van der Waals surface area (Å²) in [6, 6.07) is 5.91. The summed E-state index contributed by atoms with van der Waals surface area (Å²) in [5.74, 6) is 1.36. The van der Waals surface area contributed by atoms with Crippen molar-refractivity contribution in [1.82, 2.24) is 14.7 Å². The lowest BCUT2D eigenvalue weighted by molar-refractivity contribution is 0.393. The molecule has 0 radical (unpaired) electrons. The second-order valence-electron chi connectivity index (χ2n) is 5.62. The highest BCUT2D eigenvalue weighted by atomic mass is 32.2. The van der Waals surface area contributed by atoms with Crippen molar-refractivity contribution in [3.05, 3.63) is 63.4 Å². The molecule has 0 N–H and O–H groups in total. The maximum Gasteiger partial charge on any atom is 0.263 e. The number of rotatable bonds is 6. The van der Waals surface area contributed by atoms with Crippen molar-refractivity contribution in [1.29, 1.82) is 0 Å². The number of allylic oxidation sites excluding steroid dienone is 1. The largest absolute Gasteiger partial charge is 0.361 e. The minimum absolute atomic E-state index is 0.0293. The summed E-state index contributed by atoms with van der Waals surface area (Å²) in [5.41, 5.74) is 1.76. The van der Waals surface area contributed by atoms with Crippen molar-refractivity contribution in [3.63, 3.8) is 0 Å². The number of fused-ring (bicyclic) bond motifs is 1. The zero-order chi connectivity index (χ0) is 18.1. The Kier molecular flexibility index (Phi) is 4.80. The first kappa shape index (κ1) is 17.3. The molecule has 0 atom stereocenters. The van der Waals surface area contributed by atoms with Crippen LogP contribution in [0.15, 0.2) is 56.1 Å². The van der Waals surface area contributed by atoms with Gasteiger partial charge in [0.2, 0.25) is 0 Å². The Balaban J connectivity index is 1.79. The zero-order valence-corrected chi connectivity index (χ0v) is 16.4. The second-order valence-corrected chi connectivity index (χ2v) is 8.37. The fourth-order valence-corrected chi connectivity index (χ4v) is 5.34. The number of thiophene rings is 2. The highest BCUT2D eigenvalue weighted by Crippen LogP contribution is 2.34. The van der Waals surface area contributed by atoms with E-state index >= 15 is 0 Å². The molecule has 0 spiro atoms. The average molecular weight is 402 g/mol. The predicted octanol–water partition coefficient (Wildman–Crippen LogP) is 4.96. The molecule has 4 aromatic heterocycles. The van der Waals surface area contributed by atoms with Gasteiger partial charge in [0, 0.05) is 34.2 Å². The maximum absolute atomic E-state index is 13.2. The molecule has 132 valence electrons. The van der Waals surface area contributed by atoms with Crippen LogP contribution in [0.3, 0.4) is 0 Å².